The van der Waals surface area contributed by atoms with E-state index in [1.807, 2.05) is 12.2 Å². The molecule has 0 aromatic carbocycles. The Labute approximate surface area is 130 Å². The number of amides is 1. The number of pyridine rings is 1. The molecule has 9 heteroatoms. The number of aromatic nitrogens is 1. The van der Waals surface area contributed by atoms with Crippen LogP contribution in [0.2, 0.25) is 5.02 Å². The third-order valence-electron chi connectivity index (χ3n) is 4.32. The Balaban J connectivity index is 2.00. The Hall–Kier alpha value is -2.35. The minimum absolute atomic E-state index is 0.0528. The van der Waals surface area contributed by atoms with E-state index >= 15 is 0 Å². The Kier molecular flexibility index (Phi) is 3.40. The lowest BCUT2D eigenvalue weighted by atomic mass is 9.88. The zero-order chi connectivity index (χ0) is 16.0. The van der Waals surface area contributed by atoms with Gasteiger partial charge in [-0.3, -0.25) is 14.9 Å². The molecule has 0 saturated heterocycles. The van der Waals surface area contributed by atoms with Gasteiger partial charge in [0, 0.05) is 6.04 Å². The van der Waals surface area contributed by atoms with Crippen LogP contribution in [0, 0.1) is 27.9 Å². The van der Waals surface area contributed by atoms with Crippen molar-refractivity contribution in [1.82, 2.24) is 4.98 Å². The topological polar surface area (TPSA) is 137 Å². The number of nitrogens with zero attached hydrogens (tertiary/aromatic N) is 2. The minimum Gasteiger partial charge on any atom is -0.378 e. The number of halogens is 1. The molecule has 1 fully saturated rings. The second kappa shape index (κ2) is 5.13. The molecule has 22 heavy (non-hydrogen) atoms. The van der Waals surface area contributed by atoms with E-state index in [0.717, 1.165) is 6.42 Å². The molecule has 1 aromatic rings. The molecule has 2 aliphatic rings. The molecule has 8 nitrogen and oxygen atoms in total. The maximum Gasteiger partial charge on any atom is 0.335 e. The minimum atomic E-state index is -0.640. The van der Waals surface area contributed by atoms with Crippen molar-refractivity contribution in [3.63, 3.8) is 0 Å². The number of nitrogen functional groups attached to an aromatic ring is 1. The van der Waals surface area contributed by atoms with Gasteiger partial charge >= 0.3 is 5.69 Å². The van der Waals surface area contributed by atoms with Gasteiger partial charge in [-0.15, -0.1) is 0 Å². The summed E-state index contributed by atoms with van der Waals surface area (Å²) in [6.07, 6.45) is 5.99. The molecule has 1 saturated carbocycles. The molecule has 0 radical (unpaired) electrons. The van der Waals surface area contributed by atoms with Crippen molar-refractivity contribution in [2.24, 2.45) is 23.5 Å². The molecule has 3 rings (SSSR count). The molecule has 0 aliphatic heterocycles. The molecule has 1 aromatic heterocycles. The van der Waals surface area contributed by atoms with E-state index in [1.165, 1.54) is 6.20 Å². The summed E-state index contributed by atoms with van der Waals surface area (Å²) >= 11 is 6.03. The summed E-state index contributed by atoms with van der Waals surface area (Å²) in [7, 11) is 0. The second-order valence-electron chi connectivity index (χ2n) is 5.52. The Morgan fingerprint density at radius 1 is 1.45 bits per heavy atom. The van der Waals surface area contributed by atoms with E-state index in [4.69, 9.17) is 23.1 Å². The van der Waals surface area contributed by atoms with Crippen LogP contribution in [0.5, 0.6) is 0 Å². The summed E-state index contributed by atoms with van der Waals surface area (Å²) in [5.41, 5.74) is 10.7. The van der Waals surface area contributed by atoms with Gasteiger partial charge in [-0.1, -0.05) is 23.8 Å². The van der Waals surface area contributed by atoms with Crippen LogP contribution >= 0.6 is 11.6 Å². The van der Waals surface area contributed by atoms with Gasteiger partial charge < -0.3 is 16.8 Å². The van der Waals surface area contributed by atoms with Gasteiger partial charge in [0.1, 0.15) is 5.69 Å². The number of nitrogens with one attached hydrogen (secondary N) is 1. The summed E-state index contributed by atoms with van der Waals surface area (Å²) in [4.78, 5) is 26.0. The first-order chi connectivity index (χ1) is 10.4. The summed E-state index contributed by atoms with van der Waals surface area (Å²) in [5.74, 6) is -0.967. The molecule has 2 bridgehead atoms. The largest absolute Gasteiger partial charge is 0.378 e. The molecular weight excluding hydrogens is 310 g/mol. The van der Waals surface area contributed by atoms with Crippen molar-refractivity contribution >= 4 is 34.7 Å². The van der Waals surface area contributed by atoms with E-state index in [2.05, 4.69) is 10.3 Å². The highest BCUT2D eigenvalue weighted by Crippen LogP contribution is 2.46. The van der Waals surface area contributed by atoms with Gasteiger partial charge in [0.05, 0.1) is 22.1 Å². The standard InChI is InChI=1S/C13H14ClN5O3/c14-7-4-17-12(15)11(19(21)22)10(7)18-9-6-2-1-5(3-6)8(9)13(16)20/h1-2,4-6,8-9H,3H2,(H2,16,20)(H3,15,17,18)/t5-,6+,8+,9-/m1/s1. The van der Waals surface area contributed by atoms with Crippen molar-refractivity contribution in [1.29, 1.82) is 0 Å². The number of hydrogen-bond donors (Lipinski definition) is 3. The Morgan fingerprint density at radius 3 is 2.77 bits per heavy atom. The molecule has 1 amide bonds. The van der Waals surface area contributed by atoms with Gasteiger partial charge in [-0.2, -0.15) is 0 Å². The highest BCUT2D eigenvalue weighted by Gasteiger charge is 2.48. The summed E-state index contributed by atoms with van der Waals surface area (Å²) in [6.45, 7) is 0. The number of nitrogens with two attached hydrogens (primary N) is 2. The molecule has 0 spiro atoms. The molecule has 0 unspecified atom stereocenters. The number of nitro groups is 1. The van der Waals surface area contributed by atoms with Gasteiger partial charge in [0.25, 0.3) is 0 Å². The van der Waals surface area contributed by atoms with Crippen LogP contribution in [-0.2, 0) is 4.79 Å². The SMILES string of the molecule is NC(=O)[C@@H]1[C@H](Nc2c(Cl)cnc(N)c2[N+](=O)[O-])[C@H]2C=C[C@@H]1C2. The molecule has 1 heterocycles. The van der Waals surface area contributed by atoms with Crippen molar-refractivity contribution in [3.05, 3.63) is 33.5 Å². The van der Waals surface area contributed by atoms with Gasteiger partial charge in [-0.25, -0.2) is 4.98 Å². The quantitative estimate of drug-likeness (QED) is 0.434. The molecule has 5 N–H and O–H groups in total. The zero-order valence-corrected chi connectivity index (χ0v) is 12.2. The fourth-order valence-electron chi connectivity index (χ4n) is 3.39. The normalized spacial score (nSPS) is 28.8. The van der Waals surface area contributed by atoms with E-state index in [0.29, 0.717) is 0 Å². The molecule has 116 valence electrons. The molecular formula is C13H14ClN5O3. The van der Waals surface area contributed by atoms with Crippen molar-refractivity contribution < 1.29 is 9.72 Å². The lowest BCUT2D eigenvalue weighted by Gasteiger charge is -2.27. The lowest BCUT2D eigenvalue weighted by molar-refractivity contribution is -0.383. The third kappa shape index (κ3) is 2.16. The van der Waals surface area contributed by atoms with Gasteiger partial charge in [0.2, 0.25) is 11.7 Å². The van der Waals surface area contributed by atoms with Crippen LogP contribution in [0.15, 0.2) is 18.3 Å². The monoisotopic (exact) mass is 323 g/mol. The number of carbonyl (C=O) groups is 1. The van der Waals surface area contributed by atoms with Crippen LogP contribution in [0.3, 0.4) is 0 Å². The summed E-state index contributed by atoms with van der Waals surface area (Å²) < 4.78 is 0. The highest BCUT2D eigenvalue weighted by molar-refractivity contribution is 6.33. The predicted octanol–water partition coefficient (Wildman–Crippen LogP) is 1.31. The highest BCUT2D eigenvalue weighted by atomic mass is 35.5. The zero-order valence-electron chi connectivity index (χ0n) is 11.4. The molecule has 4 atom stereocenters. The van der Waals surface area contributed by atoms with Crippen LogP contribution in [0.25, 0.3) is 0 Å². The number of anilines is 2. The predicted molar refractivity (Wildman–Crippen MR) is 81.1 cm³/mol. The Bertz CT molecular complexity index is 692. The van der Waals surface area contributed by atoms with E-state index in [9.17, 15) is 14.9 Å². The Morgan fingerprint density at radius 2 is 2.14 bits per heavy atom. The number of rotatable bonds is 4. The number of carbonyl (C=O) groups excluding carboxylic acids is 1. The first-order valence-electron chi connectivity index (χ1n) is 6.72. The van der Waals surface area contributed by atoms with Crippen LogP contribution in [-0.4, -0.2) is 21.9 Å². The average Bonchev–Trinajstić information content (AvgIpc) is 3.03. The van der Waals surface area contributed by atoms with Gasteiger partial charge in [-0.05, 0) is 18.3 Å². The number of fused-ring (bicyclic) bond motifs is 2. The molecule has 2 aliphatic carbocycles. The number of hydrogen-bond acceptors (Lipinski definition) is 6. The van der Waals surface area contributed by atoms with E-state index in [-0.39, 0.29) is 40.1 Å². The fraction of sp³-hybridized carbons (Fsp3) is 0.385. The summed E-state index contributed by atoms with van der Waals surface area (Å²) in [5, 5.41) is 14.3. The second-order valence-corrected chi connectivity index (χ2v) is 5.93. The first-order valence-corrected chi connectivity index (χ1v) is 7.10. The average molecular weight is 324 g/mol. The van der Waals surface area contributed by atoms with Gasteiger partial charge in [0.15, 0.2) is 0 Å². The van der Waals surface area contributed by atoms with Crippen molar-refractivity contribution in [2.75, 3.05) is 11.1 Å². The summed E-state index contributed by atoms with van der Waals surface area (Å²) in [6, 6.07) is -0.342. The first kappa shape index (κ1) is 14.6. The van der Waals surface area contributed by atoms with E-state index < -0.39 is 16.7 Å². The van der Waals surface area contributed by atoms with Crippen molar-refractivity contribution in [3.8, 4) is 0 Å². The van der Waals surface area contributed by atoms with Crippen LogP contribution < -0.4 is 16.8 Å². The lowest BCUT2D eigenvalue weighted by Crippen LogP contribution is -2.41. The number of primary amides is 1. The van der Waals surface area contributed by atoms with Crippen LogP contribution in [0.1, 0.15) is 6.42 Å². The smallest absolute Gasteiger partial charge is 0.335 e. The number of allylic oxidation sites excluding steroid dienone is 1. The maximum absolute atomic E-state index is 11.7. The van der Waals surface area contributed by atoms with E-state index in [1.54, 1.807) is 0 Å². The third-order valence-corrected chi connectivity index (χ3v) is 4.60. The van der Waals surface area contributed by atoms with Crippen LogP contribution in [0.4, 0.5) is 17.2 Å². The maximum atomic E-state index is 11.7. The van der Waals surface area contributed by atoms with Crippen molar-refractivity contribution in [2.45, 2.75) is 12.5 Å². The fourth-order valence-corrected chi connectivity index (χ4v) is 3.58.